The molecule has 5 heterocycles. The van der Waals surface area contributed by atoms with Crippen LogP contribution in [0.25, 0.3) is 55.7 Å². The highest BCUT2D eigenvalue weighted by Crippen LogP contribution is 2.35. The Morgan fingerprint density at radius 2 is 1.82 bits per heavy atom. The molecule has 6 rings (SSSR count). The maximum absolute atomic E-state index is 14.2. The summed E-state index contributed by atoms with van der Waals surface area (Å²) < 4.78 is 19.4. The van der Waals surface area contributed by atoms with E-state index in [0.29, 0.717) is 22.6 Å². The third kappa shape index (κ3) is 3.28. The Labute approximate surface area is 187 Å². The summed E-state index contributed by atoms with van der Waals surface area (Å²) in [6.45, 7) is 0. The lowest BCUT2D eigenvalue weighted by Crippen LogP contribution is -1.88. The van der Waals surface area contributed by atoms with Gasteiger partial charge < -0.3 is 9.72 Å². The standard InChI is InChI=1S/C25H17FN6O/c1-33-18-8-15(7-17(26)10-18)19-4-6-28-24-20(19)11-22(30-24)23-21-9-16(13-29-25(21)32-31-23)14-3-2-5-27-12-14/h2-13H,1H3,(H,28,30)(H,29,31,32). The average Bonchev–Trinajstić information content (AvgIpc) is 3.47. The lowest BCUT2D eigenvalue weighted by molar-refractivity contribution is 0.411. The van der Waals surface area contributed by atoms with Gasteiger partial charge in [0, 0.05) is 52.8 Å². The minimum atomic E-state index is -0.362. The van der Waals surface area contributed by atoms with Crippen molar-refractivity contribution < 1.29 is 9.13 Å². The number of benzene rings is 1. The molecular weight excluding hydrogens is 419 g/mol. The van der Waals surface area contributed by atoms with Gasteiger partial charge in [-0.15, -0.1) is 0 Å². The lowest BCUT2D eigenvalue weighted by Gasteiger charge is -2.06. The van der Waals surface area contributed by atoms with Crippen LogP contribution in [0.5, 0.6) is 5.75 Å². The van der Waals surface area contributed by atoms with Crippen molar-refractivity contribution >= 4 is 22.1 Å². The molecule has 1 aromatic carbocycles. The number of hydrogen-bond donors (Lipinski definition) is 2. The highest BCUT2D eigenvalue weighted by Gasteiger charge is 2.16. The minimum absolute atomic E-state index is 0.362. The largest absolute Gasteiger partial charge is 0.497 e. The summed E-state index contributed by atoms with van der Waals surface area (Å²) in [4.78, 5) is 16.5. The Balaban J connectivity index is 1.50. The fourth-order valence-electron chi connectivity index (χ4n) is 4.05. The second-order valence-corrected chi connectivity index (χ2v) is 7.62. The third-order valence-corrected chi connectivity index (χ3v) is 5.62. The van der Waals surface area contributed by atoms with E-state index < -0.39 is 0 Å². The lowest BCUT2D eigenvalue weighted by atomic mass is 10.0. The first-order valence-electron chi connectivity index (χ1n) is 10.3. The Kier molecular flexibility index (Phi) is 4.36. The van der Waals surface area contributed by atoms with Crippen molar-refractivity contribution in [2.45, 2.75) is 0 Å². The Bertz CT molecular complexity index is 1620. The van der Waals surface area contributed by atoms with Crippen LogP contribution in [-0.4, -0.2) is 37.2 Å². The predicted molar refractivity (Wildman–Crippen MR) is 124 cm³/mol. The zero-order chi connectivity index (χ0) is 22.4. The third-order valence-electron chi connectivity index (χ3n) is 5.62. The molecule has 0 atom stereocenters. The fraction of sp³-hybridized carbons (Fsp3) is 0.0400. The van der Waals surface area contributed by atoms with Gasteiger partial charge in [0.05, 0.1) is 18.5 Å². The number of ether oxygens (including phenoxy) is 1. The van der Waals surface area contributed by atoms with Gasteiger partial charge in [-0.1, -0.05) is 6.07 Å². The Morgan fingerprint density at radius 3 is 2.67 bits per heavy atom. The summed E-state index contributed by atoms with van der Waals surface area (Å²) in [5, 5.41) is 9.18. The molecule has 0 unspecified atom stereocenters. The Hall–Kier alpha value is -4.59. The summed E-state index contributed by atoms with van der Waals surface area (Å²) in [6, 6.07) is 14.4. The SMILES string of the molecule is COc1cc(F)cc(-c2ccnc3[nH]c(-c4[nH]nc5ncc(-c6cccnc6)cc45)cc23)c1. The van der Waals surface area contributed by atoms with Gasteiger partial charge in [-0.3, -0.25) is 10.1 Å². The number of halogens is 1. The average molecular weight is 436 g/mol. The molecule has 33 heavy (non-hydrogen) atoms. The maximum atomic E-state index is 14.2. The van der Waals surface area contributed by atoms with Crippen molar-refractivity contribution in [2.75, 3.05) is 7.11 Å². The molecule has 0 saturated carbocycles. The highest BCUT2D eigenvalue weighted by molar-refractivity contribution is 5.99. The number of rotatable bonds is 4. The molecule has 0 aliphatic heterocycles. The van der Waals surface area contributed by atoms with Crippen LogP contribution < -0.4 is 4.74 Å². The molecule has 0 amide bonds. The molecule has 0 saturated heterocycles. The molecular formula is C25H17FN6O. The van der Waals surface area contributed by atoms with E-state index in [0.717, 1.165) is 38.9 Å². The Morgan fingerprint density at radius 1 is 0.879 bits per heavy atom. The second kappa shape index (κ2) is 7.52. The van der Waals surface area contributed by atoms with Gasteiger partial charge in [0.15, 0.2) is 5.65 Å². The van der Waals surface area contributed by atoms with Gasteiger partial charge in [-0.05, 0) is 47.5 Å². The normalized spacial score (nSPS) is 11.3. The van der Waals surface area contributed by atoms with Crippen molar-refractivity contribution in [3.05, 3.63) is 79.1 Å². The fourth-order valence-corrected chi connectivity index (χ4v) is 4.05. The van der Waals surface area contributed by atoms with Crippen LogP contribution in [0.1, 0.15) is 0 Å². The topological polar surface area (TPSA) is 92.4 Å². The molecule has 0 aliphatic carbocycles. The zero-order valence-corrected chi connectivity index (χ0v) is 17.5. The van der Waals surface area contributed by atoms with E-state index in [1.54, 1.807) is 30.9 Å². The van der Waals surface area contributed by atoms with Crippen LogP contribution in [-0.2, 0) is 0 Å². The number of H-pyrrole nitrogens is 2. The van der Waals surface area contributed by atoms with Crippen molar-refractivity contribution in [2.24, 2.45) is 0 Å². The van der Waals surface area contributed by atoms with E-state index in [9.17, 15) is 4.39 Å². The number of nitrogens with zero attached hydrogens (tertiary/aromatic N) is 4. The molecule has 160 valence electrons. The van der Waals surface area contributed by atoms with E-state index in [1.165, 1.54) is 19.2 Å². The van der Waals surface area contributed by atoms with Gasteiger partial charge >= 0.3 is 0 Å². The first kappa shape index (κ1) is 19.1. The van der Waals surface area contributed by atoms with Gasteiger partial charge in [-0.25, -0.2) is 14.4 Å². The molecule has 5 aromatic heterocycles. The van der Waals surface area contributed by atoms with E-state index in [1.807, 2.05) is 30.3 Å². The van der Waals surface area contributed by atoms with E-state index in [-0.39, 0.29) is 5.82 Å². The summed E-state index contributed by atoms with van der Waals surface area (Å²) in [5.74, 6) is 0.0953. The molecule has 0 aliphatic rings. The molecule has 0 bridgehead atoms. The van der Waals surface area contributed by atoms with E-state index >= 15 is 0 Å². The number of aromatic nitrogens is 6. The van der Waals surface area contributed by atoms with Crippen LogP contribution in [0.4, 0.5) is 4.39 Å². The van der Waals surface area contributed by atoms with Crippen molar-refractivity contribution in [1.82, 2.24) is 30.1 Å². The molecule has 0 spiro atoms. The molecule has 0 fully saturated rings. The summed E-state index contributed by atoms with van der Waals surface area (Å²) >= 11 is 0. The van der Waals surface area contributed by atoms with Crippen molar-refractivity contribution in [3.8, 4) is 39.4 Å². The number of aromatic amines is 2. The van der Waals surface area contributed by atoms with E-state index in [2.05, 4.69) is 30.1 Å². The number of methoxy groups -OCH3 is 1. The first-order chi connectivity index (χ1) is 16.2. The van der Waals surface area contributed by atoms with Gasteiger partial charge in [0.25, 0.3) is 0 Å². The van der Waals surface area contributed by atoms with E-state index in [4.69, 9.17) is 4.74 Å². The molecule has 8 heteroatoms. The van der Waals surface area contributed by atoms with Crippen LogP contribution in [0.15, 0.2) is 73.3 Å². The smallest absolute Gasteiger partial charge is 0.181 e. The minimum Gasteiger partial charge on any atom is -0.497 e. The number of hydrogen-bond acceptors (Lipinski definition) is 5. The second-order valence-electron chi connectivity index (χ2n) is 7.62. The molecule has 2 N–H and O–H groups in total. The van der Waals surface area contributed by atoms with Gasteiger partial charge in [-0.2, -0.15) is 5.10 Å². The monoisotopic (exact) mass is 436 g/mol. The number of pyridine rings is 3. The molecule has 6 aromatic rings. The summed E-state index contributed by atoms with van der Waals surface area (Å²) in [5.41, 5.74) is 6.37. The van der Waals surface area contributed by atoms with Crippen LogP contribution >= 0.6 is 0 Å². The van der Waals surface area contributed by atoms with Crippen molar-refractivity contribution in [1.29, 1.82) is 0 Å². The zero-order valence-electron chi connectivity index (χ0n) is 17.5. The van der Waals surface area contributed by atoms with Crippen LogP contribution in [0.2, 0.25) is 0 Å². The van der Waals surface area contributed by atoms with Crippen LogP contribution in [0.3, 0.4) is 0 Å². The van der Waals surface area contributed by atoms with Gasteiger partial charge in [0.1, 0.15) is 17.2 Å². The van der Waals surface area contributed by atoms with Crippen LogP contribution in [0, 0.1) is 5.82 Å². The van der Waals surface area contributed by atoms with Crippen molar-refractivity contribution in [3.63, 3.8) is 0 Å². The highest BCUT2D eigenvalue weighted by atomic mass is 19.1. The first-order valence-corrected chi connectivity index (χ1v) is 10.3. The maximum Gasteiger partial charge on any atom is 0.181 e. The number of nitrogens with one attached hydrogen (secondary N) is 2. The summed E-state index contributed by atoms with van der Waals surface area (Å²) in [7, 11) is 1.52. The quantitative estimate of drug-likeness (QED) is 0.387. The van der Waals surface area contributed by atoms with Gasteiger partial charge in [0.2, 0.25) is 0 Å². The summed E-state index contributed by atoms with van der Waals surface area (Å²) in [6.07, 6.45) is 7.02. The predicted octanol–water partition coefficient (Wildman–Crippen LogP) is 5.38. The molecule has 0 radical (unpaired) electrons. The molecule has 7 nitrogen and oxygen atoms in total. The number of fused-ring (bicyclic) bond motifs is 2.